The second kappa shape index (κ2) is 3.27. The molecule has 0 amide bonds. The summed E-state index contributed by atoms with van der Waals surface area (Å²) >= 11 is 0. The van der Waals surface area contributed by atoms with E-state index in [-0.39, 0.29) is 5.41 Å². The van der Waals surface area contributed by atoms with Gasteiger partial charge in [0.1, 0.15) is 6.04 Å². The largest absolute Gasteiger partial charge is 0.353 e. The van der Waals surface area contributed by atoms with Crippen molar-refractivity contribution in [2.45, 2.75) is 33.4 Å². The first kappa shape index (κ1) is 9.26. The molecule has 68 valence electrons. The van der Waals surface area contributed by atoms with E-state index in [1.54, 1.807) is 6.20 Å². The van der Waals surface area contributed by atoms with Gasteiger partial charge in [-0.1, -0.05) is 20.8 Å². The predicted octanol–water partition coefficient (Wildman–Crippen LogP) is 0.540. The van der Waals surface area contributed by atoms with Gasteiger partial charge in [0.05, 0.1) is 12.9 Å². The molecular formula is C9H18N3+. The van der Waals surface area contributed by atoms with Crippen LogP contribution in [0.3, 0.4) is 0 Å². The van der Waals surface area contributed by atoms with Crippen LogP contribution in [-0.2, 0) is 6.54 Å². The lowest BCUT2D eigenvalue weighted by atomic mass is 9.87. The molecule has 0 aliphatic heterocycles. The summed E-state index contributed by atoms with van der Waals surface area (Å²) in [5.41, 5.74) is 4.40. The van der Waals surface area contributed by atoms with Crippen molar-refractivity contribution in [3.63, 3.8) is 0 Å². The van der Waals surface area contributed by atoms with Crippen LogP contribution in [0.25, 0.3) is 0 Å². The number of hydrogen-bond donors (Lipinski definition) is 1. The smallest absolute Gasteiger partial charge is 0.107 e. The molecule has 0 aliphatic carbocycles. The molecule has 0 radical (unpaired) electrons. The molecule has 1 rings (SSSR count). The second-order valence-electron chi connectivity index (χ2n) is 4.32. The van der Waals surface area contributed by atoms with Crippen molar-refractivity contribution in [2.75, 3.05) is 0 Å². The molecule has 3 nitrogen and oxygen atoms in total. The van der Waals surface area contributed by atoms with Gasteiger partial charge in [-0.25, -0.2) is 4.98 Å². The maximum atomic E-state index is 4.14. The van der Waals surface area contributed by atoms with Gasteiger partial charge in [0, 0.05) is 17.8 Å². The van der Waals surface area contributed by atoms with E-state index in [0.717, 1.165) is 6.54 Å². The fraction of sp³-hybridized carbons (Fsp3) is 0.667. The monoisotopic (exact) mass is 168 g/mol. The molecule has 1 heterocycles. The topological polar surface area (TPSA) is 45.5 Å². The molecule has 3 heteroatoms. The molecule has 0 aromatic carbocycles. The predicted molar refractivity (Wildman–Crippen MR) is 48.4 cm³/mol. The third-order valence-electron chi connectivity index (χ3n) is 2.22. The molecule has 0 saturated heterocycles. The summed E-state index contributed by atoms with van der Waals surface area (Å²) in [6, 6.07) is 0.423. The number of aromatic nitrogens is 2. The van der Waals surface area contributed by atoms with Crippen molar-refractivity contribution in [3.05, 3.63) is 18.7 Å². The summed E-state index contributed by atoms with van der Waals surface area (Å²) in [5.74, 6) is 0. The molecule has 12 heavy (non-hydrogen) atoms. The van der Waals surface area contributed by atoms with E-state index in [1.165, 1.54) is 0 Å². The normalized spacial score (nSPS) is 14.7. The molecule has 0 saturated carbocycles. The van der Waals surface area contributed by atoms with Crippen LogP contribution in [0.5, 0.6) is 0 Å². The first-order valence-electron chi connectivity index (χ1n) is 4.29. The maximum Gasteiger partial charge on any atom is 0.107 e. The number of rotatable bonds is 2. The lowest BCUT2D eigenvalue weighted by Gasteiger charge is -2.23. The zero-order valence-corrected chi connectivity index (χ0v) is 8.12. The van der Waals surface area contributed by atoms with Crippen molar-refractivity contribution >= 4 is 0 Å². The Hall–Kier alpha value is -0.830. The minimum absolute atomic E-state index is 0.268. The number of hydrogen-bond acceptors (Lipinski definition) is 1. The average molecular weight is 168 g/mol. The van der Waals surface area contributed by atoms with Gasteiger partial charge in [-0.3, -0.25) is 0 Å². The van der Waals surface area contributed by atoms with Crippen molar-refractivity contribution in [2.24, 2.45) is 5.41 Å². The summed E-state index contributed by atoms with van der Waals surface area (Å²) in [6.07, 6.45) is 5.61. The highest BCUT2D eigenvalue weighted by atomic mass is 15.0. The van der Waals surface area contributed by atoms with Crippen LogP contribution in [0, 0.1) is 5.41 Å². The lowest BCUT2D eigenvalue weighted by Crippen LogP contribution is -2.68. The van der Waals surface area contributed by atoms with E-state index in [9.17, 15) is 0 Å². The highest BCUT2D eigenvalue weighted by Gasteiger charge is 2.24. The van der Waals surface area contributed by atoms with E-state index in [2.05, 4.69) is 36.1 Å². The van der Waals surface area contributed by atoms with Gasteiger partial charge < -0.3 is 10.3 Å². The molecule has 1 atom stereocenters. The Morgan fingerprint density at radius 1 is 1.50 bits per heavy atom. The average Bonchev–Trinajstić information content (AvgIpc) is 2.37. The molecule has 1 aromatic heterocycles. The Kier molecular flexibility index (Phi) is 2.52. The van der Waals surface area contributed by atoms with Gasteiger partial charge in [0.15, 0.2) is 0 Å². The van der Waals surface area contributed by atoms with Crippen LogP contribution >= 0.6 is 0 Å². The molecular weight excluding hydrogens is 150 g/mol. The second-order valence-corrected chi connectivity index (χ2v) is 4.32. The Bertz CT molecular complexity index is 220. The molecule has 0 spiro atoms. The highest BCUT2D eigenvalue weighted by Crippen LogP contribution is 2.16. The third kappa shape index (κ3) is 2.34. The van der Waals surface area contributed by atoms with Crippen molar-refractivity contribution < 1.29 is 5.73 Å². The quantitative estimate of drug-likeness (QED) is 0.688. The van der Waals surface area contributed by atoms with E-state index >= 15 is 0 Å². The Balaban J connectivity index is 2.53. The summed E-state index contributed by atoms with van der Waals surface area (Å²) in [6.45, 7) is 7.58. The zero-order chi connectivity index (χ0) is 9.19. The zero-order valence-electron chi connectivity index (χ0n) is 8.12. The number of imidazole rings is 1. The molecule has 0 fully saturated rings. The van der Waals surface area contributed by atoms with Gasteiger partial charge in [-0.2, -0.15) is 0 Å². The first-order valence-corrected chi connectivity index (χ1v) is 4.29. The lowest BCUT2D eigenvalue weighted by molar-refractivity contribution is -0.446. The van der Waals surface area contributed by atoms with Crippen LogP contribution in [0.15, 0.2) is 18.7 Å². The summed E-state index contributed by atoms with van der Waals surface area (Å²) < 4.78 is 2.07. The Morgan fingerprint density at radius 2 is 2.17 bits per heavy atom. The minimum atomic E-state index is 0.268. The standard InChI is InChI=1S/C9H17N3/c1-9(2,3)8(10)6-12-5-4-11-7-12/h4-5,7-8H,6,10H2,1-3H3/p+1/t8-/m0/s1. The van der Waals surface area contributed by atoms with Crippen molar-refractivity contribution in [1.82, 2.24) is 9.55 Å². The molecule has 3 N–H and O–H groups in total. The fourth-order valence-electron chi connectivity index (χ4n) is 0.923. The molecule has 0 unspecified atom stereocenters. The van der Waals surface area contributed by atoms with E-state index in [0.29, 0.717) is 6.04 Å². The number of quaternary nitrogens is 1. The van der Waals surface area contributed by atoms with Crippen molar-refractivity contribution in [3.8, 4) is 0 Å². The van der Waals surface area contributed by atoms with Gasteiger partial charge in [0.2, 0.25) is 0 Å². The van der Waals surface area contributed by atoms with Gasteiger partial charge in [-0.05, 0) is 0 Å². The summed E-state index contributed by atoms with van der Waals surface area (Å²) in [4.78, 5) is 3.99. The van der Waals surface area contributed by atoms with Crippen molar-refractivity contribution in [1.29, 1.82) is 0 Å². The Morgan fingerprint density at radius 3 is 2.58 bits per heavy atom. The van der Waals surface area contributed by atoms with Crippen LogP contribution < -0.4 is 5.73 Å². The van der Waals surface area contributed by atoms with E-state index in [4.69, 9.17) is 0 Å². The van der Waals surface area contributed by atoms with E-state index < -0.39 is 0 Å². The van der Waals surface area contributed by atoms with Gasteiger partial charge in [0.25, 0.3) is 0 Å². The highest BCUT2D eigenvalue weighted by molar-refractivity contribution is 4.78. The molecule has 1 aromatic rings. The van der Waals surface area contributed by atoms with Crippen LogP contribution in [0.2, 0.25) is 0 Å². The van der Waals surface area contributed by atoms with Crippen LogP contribution in [0.1, 0.15) is 20.8 Å². The summed E-state index contributed by atoms with van der Waals surface area (Å²) in [7, 11) is 0. The van der Waals surface area contributed by atoms with Gasteiger partial charge in [-0.15, -0.1) is 0 Å². The third-order valence-corrected chi connectivity index (χ3v) is 2.22. The number of nitrogens with zero attached hydrogens (tertiary/aromatic N) is 2. The minimum Gasteiger partial charge on any atom is -0.353 e. The molecule has 0 bridgehead atoms. The van der Waals surface area contributed by atoms with Crippen LogP contribution in [0.4, 0.5) is 0 Å². The van der Waals surface area contributed by atoms with E-state index in [1.807, 2.05) is 12.5 Å². The molecule has 0 aliphatic rings. The van der Waals surface area contributed by atoms with Crippen LogP contribution in [-0.4, -0.2) is 15.6 Å². The Labute approximate surface area is 73.6 Å². The summed E-state index contributed by atoms with van der Waals surface area (Å²) in [5, 5.41) is 0. The van der Waals surface area contributed by atoms with Gasteiger partial charge >= 0.3 is 0 Å². The maximum absolute atomic E-state index is 4.14. The first-order chi connectivity index (χ1) is 5.50. The fourth-order valence-corrected chi connectivity index (χ4v) is 0.923. The SMILES string of the molecule is CC(C)(C)[C@@H]([NH3+])Cn1ccnc1.